The molecule has 0 spiro atoms. The van der Waals surface area contributed by atoms with Crippen molar-refractivity contribution in [2.24, 2.45) is 11.7 Å². The lowest BCUT2D eigenvalue weighted by Gasteiger charge is -2.15. The summed E-state index contributed by atoms with van der Waals surface area (Å²) in [6.45, 7) is 4.80. The van der Waals surface area contributed by atoms with Crippen LogP contribution in [-0.2, 0) is 0 Å². The molecular weight excluding hydrogens is 222 g/mol. The Labute approximate surface area is 104 Å². The van der Waals surface area contributed by atoms with Crippen molar-refractivity contribution in [3.8, 4) is 5.75 Å². The number of ether oxygens (including phenoxy) is 1. The Morgan fingerprint density at radius 2 is 1.88 bits per heavy atom. The molecular formula is C13H20ClNO. The molecule has 0 bridgehead atoms. The molecule has 0 aromatic heterocycles. The molecule has 1 aromatic rings. The fraction of sp³-hybridized carbons (Fsp3) is 0.538. The second-order valence-corrected chi connectivity index (χ2v) is 4.53. The molecule has 1 saturated carbocycles. The summed E-state index contributed by atoms with van der Waals surface area (Å²) in [6, 6.07) is 6.41. The minimum atomic E-state index is 0. The van der Waals surface area contributed by atoms with Crippen LogP contribution in [0.1, 0.15) is 24.0 Å². The molecule has 1 atom stereocenters. The van der Waals surface area contributed by atoms with Gasteiger partial charge in [0.2, 0.25) is 0 Å². The van der Waals surface area contributed by atoms with Gasteiger partial charge in [0.25, 0.3) is 0 Å². The molecule has 0 unspecified atom stereocenters. The Morgan fingerprint density at radius 1 is 1.31 bits per heavy atom. The van der Waals surface area contributed by atoms with Gasteiger partial charge >= 0.3 is 0 Å². The number of rotatable bonds is 4. The maximum absolute atomic E-state index is 6.00. The normalized spacial score (nSPS) is 16.4. The second kappa shape index (κ2) is 5.55. The van der Waals surface area contributed by atoms with Crippen molar-refractivity contribution in [2.75, 3.05) is 6.61 Å². The Bertz CT molecular complexity index is 330. The number of hydrogen-bond donors (Lipinski definition) is 1. The van der Waals surface area contributed by atoms with Crippen LogP contribution in [0.4, 0.5) is 0 Å². The van der Waals surface area contributed by atoms with Crippen molar-refractivity contribution < 1.29 is 4.74 Å². The molecule has 1 fully saturated rings. The largest absolute Gasteiger partial charge is 0.491 e. The lowest BCUT2D eigenvalue weighted by molar-refractivity contribution is 0.273. The number of benzene rings is 1. The van der Waals surface area contributed by atoms with Gasteiger partial charge in [-0.05, 0) is 43.7 Å². The summed E-state index contributed by atoms with van der Waals surface area (Å²) >= 11 is 0. The summed E-state index contributed by atoms with van der Waals surface area (Å²) in [5.41, 5.74) is 8.39. The van der Waals surface area contributed by atoms with Crippen LogP contribution in [-0.4, -0.2) is 12.6 Å². The van der Waals surface area contributed by atoms with Gasteiger partial charge in [0, 0.05) is 6.04 Å². The summed E-state index contributed by atoms with van der Waals surface area (Å²) in [4.78, 5) is 0. The molecule has 1 aliphatic carbocycles. The molecule has 1 aliphatic rings. The molecule has 2 N–H and O–H groups in total. The first kappa shape index (κ1) is 13.3. The van der Waals surface area contributed by atoms with Crippen LogP contribution in [0.3, 0.4) is 0 Å². The third-order valence-corrected chi connectivity index (χ3v) is 3.06. The Kier molecular flexibility index (Phi) is 4.63. The molecule has 0 amide bonds. The fourth-order valence-corrected chi connectivity index (χ4v) is 1.87. The van der Waals surface area contributed by atoms with Crippen LogP contribution in [0.15, 0.2) is 18.2 Å². The summed E-state index contributed by atoms with van der Waals surface area (Å²) in [6.07, 6.45) is 2.55. The quantitative estimate of drug-likeness (QED) is 0.880. The zero-order valence-corrected chi connectivity index (χ0v) is 10.7. The molecule has 0 heterocycles. The van der Waals surface area contributed by atoms with E-state index in [-0.39, 0.29) is 18.4 Å². The maximum Gasteiger partial charge on any atom is 0.125 e. The lowest BCUT2D eigenvalue weighted by Crippen LogP contribution is -2.30. The van der Waals surface area contributed by atoms with Crippen molar-refractivity contribution in [1.29, 1.82) is 0 Å². The highest BCUT2D eigenvalue weighted by molar-refractivity contribution is 5.85. The van der Waals surface area contributed by atoms with Gasteiger partial charge in [0.05, 0.1) is 0 Å². The van der Waals surface area contributed by atoms with Crippen LogP contribution in [0.25, 0.3) is 0 Å². The van der Waals surface area contributed by atoms with Gasteiger partial charge < -0.3 is 10.5 Å². The minimum Gasteiger partial charge on any atom is -0.491 e. The van der Waals surface area contributed by atoms with E-state index in [1.807, 2.05) is 0 Å². The summed E-state index contributed by atoms with van der Waals surface area (Å²) < 4.78 is 5.81. The highest BCUT2D eigenvalue weighted by Gasteiger charge is 2.28. The molecule has 2 nitrogen and oxygen atoms in total. The van der Waals surface area contributed by atoms with E-state index >= 15 is 0 Å². The number of aryl methyl sites for hydroxylation is 2. The first-order valence-corrected chi connectivity index (χ1v) is 5.63. The van der Waals surface area contributed by atoms with Gasteiger partial charge in [-0.25, -0.2) is 0 Å². The zero-order valence-electron chi connectivity index (χ0n) is 9.90. The molecule has 1 aromatic carbocycles. The van der Waals surface area contributed by atoms with Gasteiger partial charge in [-0.15, -0.1) is 12.4 Å². The highest BCUT2D eigenvalue weighted by atomic mass is 35.5. The number of nitrogens with two attached hydrogens (primary N) is 1. The predicted molar refractivity (Wildman–Crippen MR) is 69.4 cm³/mol. The number of para-hydroxylation sites is 1. The van der Waals surface area contributed by atoms with Crippen LogP contribution in [0, 0.1) is 19.8 Å². The highest BCUT2D eigenvalue weighted by Crippen LogP contribution is 2.32. The fourth-order valence-electron chi connectivity index (χ4n) is 1.87. The third-order valence-electron chi connectivity index (χ3n) is 3.06. The van der Waals surface area contributed by atoms with E-state index in [1.54, 1.807) is 0 Å². The smallest absolute Gasteiger partial charge is 0.125 e. The maximum atomic E-state index is 6.00. The van der Waals surface area contributed by atoms with E-state index in [0.29, 0.717) is 12.5 Å². The zero-order chi connectivity index (χ0) is 10.8. The van der Waals surface area contributed by atoms with E-state index in [9.17, 15) is 0 Å². The van der Waals surface area contributed by atoms with Crippen molar-refractivity contribution in [3.63, 3.8) is 0 Å². The molecule has 2 rings (SSSR count). The predicted octanol–water partition coefficient (Wildman–Crippen LogP) is 2.84. The molecule has 16 heavy (non-hydrogen) atoms. The van der Waals surface area contributed by atoms with Gasteiger partial charge in [0.15, 0.2) is 0 Å². The number of hydrogen-bond acceptors (Lipinski definition) is 2. The van der Waals surface area contributed by atoms with Crippen molar-refractivity contribution in [2.45, 2.75) is 32.7 Å². The van der Waals surface area contributed by atoms with Crippen molar-refractivity contribution in [3.05, 3.63) is 29.3 Å². The molecule has 90 valence electrons. The van der Waals surface area contributed by atoms with Crippen molar-refractivity contribution >= 4 is 12.4 Å². The standard InChI is InChI=1S/C13H19NO.ClH/c1-9-4-3-5-10(2)13(9)15-8-12(14)11-6-7-11;/h3-5,11-12H,6-8,14H2,1-2H3;1H/t12-;/m0./s1. The monoisotopic (exact) mass is 241 g/mol. The number of halogens is 1. The summed E-state index contributed by atoms with van der Waals surface area (Å²) in [5, 5.41) is 0. The molecule has 0 radical (unpaired) electrons. The van der Waals surface area contributed by atoms with Crippen molar-refractivity contribution in [1.82, 2.24) is 0 Å². The van der Waals surface area contributed by atoms with Crippen LogP contribution in [0.2, 0.25) is 0 Å². The molecule has 0 saturated heterocycles. The first-order valence-electron chi connectivity index (χ1n) is 5.63. The van der Waals surface area contributed by atoms with E-state index in [0.717, 1.165) is 5.75 Å². The Hall–Kier alpha value is -0.730. The van der Waals surface area contributed by atoms with Crippen LogP contribution >= 0.6 is 12.4 Å². The average molecular weight is 242 g/mol. The van der Waals surface area contributed by atoms with Gasteiger partial charge in [-0.2, -0.15) is 0 Å². The van der Waals surface area contributed by atoms with Gasteiger partial charge in [-0.1, -0.05) is 18.2 Å². The second-order valence-electron chi connectivity index (χ2n) is 4.53. The molecule has 3 heteroatoms. The lowest BCUT2D eigenvalue weighted by atomic mass is 10.1. The van der Waals surface area contributed by atoms with Gasteiger partial charge in [-0.3, -0.25) is 0 Å². The van der Waals surface area contributed by atoms with Gasteiger partial charge in [0.1, 0.15) is 12.4 Å². The minimum absolute atomic E-state index is 0. The van der Waals surface area contributed by atoms with E-state index in [4.69, 9.17) is 10.5 Å². The Balaban J connectivity index is 0.00000128. The SMILES string of the molecule is Cc1cccc(C)c1OC[C@H](N)C1CC1.Cl. The first-order chi connectivity index (χ1) is 7.18. The summed E-state index contributed by atoms with van der Waals surface area (Å²) in [5.74, 6) is 1.71. The van der Waals surface area contributed by atoms with E-state index < -0.39 is 0 Å². The third kappa shape index (κ3) is 3.13. The molecule has 0 aliphatic heterocycles. The van der Waals surface area contributed by atoms with Crippen LogP contribution < -0.4 is 10.5 Å². The Morgan fingerprint density at radius 3 is 2.38 bits per heavy atom. The van der Waals surface area contributed by atoms with E-state index in [2.05, 4.69) is 32.0 Å². The summed E-state index contributed by atoms with van der Waals surface area (Å²) in [7, 11) is 0. The topological polar surface area (TPSA) is 35.2 Å². The van der Waals surface area contributed by atoms with E-state index in [1.165, 1.54) is 24.0 Å². The average Bonchev–Trinajstić information content (AvgIpc) is 2.99. The van der Waals surface area contributed by atoms with Crippen LogP contribution in [0.5, 0.6) is 5.75 Å².